The highest BCUT2D eigenvalue weighted by Crippen LogP contribution is 2.31. The lowest BCUT2D eigenvalue weighted by atomic mass is 10.2. The molecule has 0 fully saturated rings. The summed E-state index contributed by atoms with van der Waals surface area (Å²) in [5.74, 6) is 0.890. The molecule has 0 aliphatic rings. The largest absolute Gasteiger partial charge is 0.338 e. The summed E-state index contributed by atoms with van der Waals surface area (Å²) in [6, 6.07) is 10.4. The van der Waals surface area contributed by atoms with Crippen molar-refractivity contribution in [3.8, 4) is 11.4 Å². The van der Waals surface area contributed by atoms with Crippen molar-refractivity contribution >= 4 is 65.5 Å². The Kier molecular flexibility index (Phi) is 3.70. The number of aryl methyl sites for hydroxylation is 1. The van der Waals surface area contributed by atoms with Crippen LogP contribution in [0.15, 0.2) is 39.3 Å². The van der Waals surface area contributed by atoms with Gasteiger partial charge in [0.2, 0.25) is 0 Å². The lowest BCUT2D eigenvalue weighted by Crippen LogP contribution is -1.83. The summed E-state index contributed by atoms with van der Waals surface area (Å²) in [5, 5.41) is 0. The molecular weight excluding hydrogens is 483 g/mol. The molecule has 0 unspecified atom stereocenters. The highest BCUT2D eigenvalue weighted by atomic mass is 127. The van der Waals surface area contributed by atoms with Gasteiger partial charge >= 0.3 is 0 Å². The van der Waals surface area contributed by atoms with Crippen molar-refractivity contribution in [2.45, 2.75) is 6.92 Å². The topological polar surface area (TPSA) is 28.7 Å². The lowest BCUT2D eigenvalue weighted by molar-refractivity contribution is 1.32. The van der Waals surface area contributed by atoms with Crippen LogP contribution in [0, 0.1) is 10.5 Å². The molecule has 96 valence electrons. The normalized spacial score (nSPS) is 11.2. The summed E-state index contributed by atoms with van der Waals surface area (Å²) in [7, 11) is 0. The summed E-state index contributed by atoms with van der Waals surface area (Å²) in [4.78, 5) is 8.10. The van der Waals surface area contributed by atoms with Gasteiger partial charge in [0.1, 0.15) is 5.82 Å². The van der Waals surface area contributed by atoms with E-state index in [2.05, 4.69) is 90.6 Å². The molecule has 0 aliphatic carbocycles. The second-order valence-corrected chi connectivity index (χ2v) is 7.34. The molecule has 3 aromatic rings. The Morgan fingerprint density at radius 3 is 2.74 bits per heavy atom. The van der Waals surface area contributed by atoms with Crippen molar-refractivity contribution in [1.82, 2.24) is 9.97 Å². The molecule has 0 spiro atoms. The van der Waals surface area contributed by atoms with Crippen LogP contribution < -0.4 is 0 Å². The van der Waals surface area contributed by atoms with E-state index >= 15 is 0 Å². The molecule has 0 aliphatic heterocycles. The van der Waals surface area contributed by atoms with Gasteiger partial charge in [0.05, 0.1) is 11.0 Å². The fraction of sp³-hybridized carbons (Fsp3) is 0.0714. The van der Waals surface area contributed by atoms with Gasteiger partial charge in [0, 0.05) is 18.1 Å². The first-order valence-corrected chi connectivity index (χ1v) is 8.32. The van der Waals surface area contributed by atoms with Gasteiger partial charge in [-0.05, 0) is 65.4 Å². The smallest absolute Gasteiger partial charge is 0.139 e. The van der Waals surface area contributed by atoms with Crippen LogP contribution in [0.25, 0.3) is 22.4 Å². The number of fused-ring (bicyclic) bond motifs is 1. The van der Waals surface area contributed by atoms with E-state index in [0.717, 1.165) is 36.9 Å². The molecule has 1 N–H and O–H groups in total. The average Bonchev–Trinajstić information content (AvgIpc) is 2.76. The Morgan fingerprint density at radius 1 is 1.16 bits per heavy atom. The first kappa shape index (κ1) is 13.6. The van der Waals surface area contributed by atoms with Crippen molar-refractivity contribution in [1.29, 1.82) is 0 Å². The van der Waals surface area contributed by atoms with E-state index in [0.29, 0.717) is 0 Å². The Bertz CT molecular complexity index is 780. The number of aromatic amines is 1. The molecule has 3 rings (SSSR count). The molecule has 0 bridgehead atoms. The van der Waals surface area contributed by atoms with Crippen LogP contribution in [-0.2, 0) is 0 Å². The number of H-pyrrole nitrogens is 1. The first-order valence-electron chi connectivity index (χ1n) is 5.66. The minimum atomic E-state index is 0.890. The second-order valence-electron chi connectivity index (χ2n) is 4.33. The third kappa shape index (κ3) is 2.60. The fourth-order valence-corrected chi connectivity index (χ4v) is 3.55. The predicted molar refractivity (Wildman–Crippen MR) is 94.4 cm³/mol. The van der Waals surface area contributed by atoms with Crippen LogP contribution in [0.5, 0.6) is 0 Å². The van der Waals surface area contributed by atoms with Gasteiger partial charge in [-0.3, -0.25) is 0 Å². The Morgan fingerprint density at radius 2 is 1.95 bits per heavy atom. The molecule has 2 aromatic carbocycles. The average molecular weight is 492 g/mol. The number of halogens is 3. The SMILES string of the molecule is Cc1cc(Br)cc2[nH]c(-c3cc(I)ccc3Br)nc12. The van der Waals surface area contributed by atoms with Crippen LogP contribution in [0.2, 0.25) is 0 Å². The van der Waals surface area contributed by atoms with E-state index in [4.69, 9.17) is 4.98 Å². The number of hydrogen-bond donors (Lipinski definition) is 1. The van der Waals surface area contributed by atoms with Crippen LogP contribution in [0.1, 0.15) is 5.56 Å². The maximum Gasteiger partial charge on any atom is 0.139 e. The van der Waals surface area contributed by atoms with Crippen molar-refractivity contribution in [2.75, 3.05) is 0 Å². The third-order valence-corrected chi connectivity index (χ3v) is 4.75. The summed E-state index contributed by atoms with van der Waals surface area (Å²) < 4.78 is 3.30. The van der Waals surface area contributed by atoms with Crippen molar-refractivity contribution in [2.24, 2.45) is 0 Å². The predicted octanol–water partition coefficient (Wildman–Crippen LogP) is 5.67. The number of rotatable bonds is 1. The van der Waals surface area contributed by atoms with Crippen LogP contribution in [-0.4, -0.2) is 9.97 Å². The molecule has 0 amide bonds. The van der Waals surface area contributed by atoms with E-state index in [9.17, 15) is 0 Å². The molecule has 0 radical (unpaired) electrons. The van der Waals surface area contributed by atoms with E-state index in [-0.39, 0.29) is 0 Å². The summed E-state index contributed by atoms with van der Waals surface area (Å²) in [5.41, 5.74) is 4.31. The zero-order chi connectivity index (χ0) is 13.6. The van der Waals surface area contributed by atoms with Crippen LogP contribution in [0.3, 0.4) is 0 Å². The standard InChI is InChI=1S/C14H9Br2IN2/c1-7-4-8(15)5-12-13(7)19-14(18-12)10-6-9(17)2-3-11(10)16/h2-6H,1H3,(H,18,19). The number of nitrogens with one attached hydrogen (secondary N) is 1. The number of aromatic nitrogens is 2. The van der Waals surface area contributed by atoms with E-state index < -0.39 is 0 Å². The van der Waals surface area contributed by atoms with Gasteiger partial charge in [-0.25, -0.2) is 4.98 Å². The maximum absolute atomic E-state index is 4.72. The van der Waals surface area contributed by atoms with Gasteiger partial charge in [-0.1, -0.05) is 31.9 Å². The summed E-state index contributed by atoms with van der Waals surface area (Å²) >= 11 is 9.41. The summed E-state index contributed by atoms with van der Waals surface area (Å²) in [6.07, 6.45) is 0. The zero-order valence-corrected chi connectivity index (χ0v) is 15.3. The molecular formula is C14H9Br2IN2. The Labute approximate surface area is 141 Å². The fourth-order valence-electron chi connectivity index (χ4n) is 2.05. The minimum absolute atomic E-state index is 0.890. The summed E-state index contributed by atoms with van der Waals surface area (Å²) in [6.45, 7) is 2.07. The molecule has 19 heavy (non-hydrogen) atoms. The van der Waals surface area contributed by atoms with Gasteiger partial charge in [-0.15, -0.1) is 0 Å². The van der Waals surface area contributed by atoms with Gasteiger partial charge in [-0.2, -0.15) is 0 Å². The molecule has 0 atom stereocenters. The van der Waals surface area contributed by atoms with Crippen LogP contribution >= 0.6 is 54.5 Å². The minimum Gasteiger partial charge on any atom is -0.338 e. The molecule has 1 heterocycles. The molecule has 0 saturated heterocycles. The maximum atomic E-state index is 4.72. The molecule has 2 nitrogen and oxygen atoms in total. The Hall–Kier alpha value is -0.400. The Balaban J connectivity index is 2.26. The van der Waals surface area contributed by atoms with E-state index in [1.807, 2.05) is 6.07 Å². The first-order chi connectivity index (χ1) is 9.04. The zero-order valence-electron chi connectivity index (χ0n) is 9.97. The quantitative estimate of drug-likeness (QED) is 0.437. The van der Waals surface area contributed by atoms with Gasteiger partial charge < -0.3 is 4.98 Å². The van der Waals surface area contributed by atoms with Crippen LogP contribution in [0.4, 0.5) is 0 Å². The third-order valence-electron chi connectivity index (χ3n) is 2.93. The highest BCUT2D eigenvalue weighted by Gasteiger charge is 2.11. The molecule has 1 aromatic heterocycles. The number of hydrogen-bond acceptors (Lipinski definition) is 1. The van der Waals surface area contributed by atoms with Crippen molar-refractivity contribution in [3.05, 3.63) is 48.4 Å². The number of imidazole rings is 1. The molecule has 0 saturated carbocycles. The van der Waals surface area contributed by atoms with Gasteiger partial charge in [0.15, 0.2) is 0 Å². The molecule has 5 heteroatoms. The highest BCUT2D eigenvalue weighted by molar-refractivity contribution is 14.1. The van der Waals surface area contributed by atoms with Crippen molar-refractivity contribution in [3.63, 3.8) is 0 Å². The number of nitrogens with zero attached hydrogens (tertiary/aromatic N) is 1. The van der Waals surface area contributed by atoms with E-state index in [1.54, 1.807) is 0 Å². The van der Waals surface area contributed by atoms with Crippen molar-refractivity contribution < 1.29 is 0 Å². The van der Waals surface area contributed by atoms with Gasteiger partial charge in [0.25, 0.3) is 0 Å². The van der Waals surface area contributed by atoms with E-state index in [1.165, 1.54) is 3.57 Å². The monoisotopic (exact) mass is 490 g/mol. The lowest BCUT2D eigenvalue weighted by Gasteiger charge is -2.01. The number of benzene rings is 2. The second kappa shape index (κ2) is 5.18.